The lowest BCUT2D eigenvalue weighted by atomic mass is 9.97. The Morgan fingerprint density at radius 3 is 2.55 bits per heavy atom. The van der Waals surface area contributed by atoms with Crippen LogP contribution >= 0.6 is 12.4 Å². The molecule has 1 aromatic carbocycles. The number of carbonyl (C=O) groups is 1. The Labute approximate surface area is 228 Å². The van der Waals surface area contributed by atoms with Gasteiger partial charge in [-0.05, 0) is 44.0 Å². The fraction of sp³-hybridized carbons (Fsp3) is 0.444. The van der Waals surface area contributed by atoms with Gasteiger partial charge < -0.3 is 19.5 Å². The van der Waals surface area contributed by atoms with Crippen molar-refractivity contribution in [1.29, 1.82) is 0 Å². The van der Waals surface area contributed by atoms with Crippen molar-refractivity contribution in [3.8, 4) is 11.3 Å². The van der Waals surface area contributed by atoms with Gasteiger partial charge in [0.05, 0.1) is 35.3 Å². The van der Waals surface area contributed by atoms with Crippen LogP contribution in [0.2, 0.25) is 0 Å². The Balaban J connectivity index is 0.00000336. The number of morpholine rings is 1. The van der Waals surface area contributed by atoms with Crippen LogP contribution in [0.15, 0.2) is 41.3 Å². The number of nitrogens with zero attached hydrogens (tertiary/aromatic N) is 6. The lowest BCUT2D eigenvalue weighted by Crippen LogP contribution is -2.45. The van der Waals surface area contributed by atoms with E-state index in [1.165, 1.54) is 0 Å². The minimum atomic E-state index is -0.368. The largest absolute Gasteiger partial charge is 0.372 e. The normalized spacial score (nSPS) is 17.9. The zero-order chi connectivity index (χ0) is 26.3. The number of hydrogen-bond donors (Lipinski definition) is 1. The van der Waals surface area contributed by atoms with E-state index >= 15 is 0 Å². The van der Waals surface area contributed by atoms with Gasteiger partial charge in [-0.1, -0.05) is 38.1 Å². The third kappa shape index (κ3) is 5.66. The number of aromatic nitrogens is 5. The summed E-state index contributed by atoms with van der Waals surface area (Å²) in [5, 5.41) is 11.1. The molecule has 38 heavy (non-hydrogen) atoms. The summed E-state index contributed by atoms with van der Waals surface area (Å²) < 4.78 is 13.0. The number of halogens is 1. The fourth-order valence-electron chi connectivity index (χ4n) is 4.62. The average Bonchev–Trinajstić information content (AvgIpc) is 3.50. The van der Waals surface area contributed by atoms with Gasteiger partial charge in [0.1, 0.15) is 6.33 Å². The minimum Gasteiger partial charge on any atom is -0.372 e. The summed E-state index contributed by atoms with van der Waals surface area (Å²) in [6, 6.07) is 8.26. The maximum Gasteiger partial charge on any atom is 0.292 e. The van der Waals surface area contributed by atoms with Gasteiger partial charge in [-0.3, -0.25) is 4.79 Å². The van der Waals surface area contributed by atoms with Crippen LogP contribution in [0.3, 0.4) is 0 Å². The standard InChI is InChI=1S/C27H33N7O3.ClH/c1-16-9-19(7-8-20(16)11-28-25(35)24-31-26(37-32-24)27(4,5)6)23-22-10-21(14-34(22)30-15-29-23)33-12-17(2)36-18(3)13-33;/h7-10,14-15,17-18H,11-13H2,1-6H3,(H,28,35);1H/t17-,18-;/m1./s1. The number of rotatable bonds is 5. The molecule has 0 unspecified atom stereocenters. The first kappa shape index (κ1) is 27.5. The van der Waals surface area contributed by atoms with E-state index in [0.29, 0.717) is 12.4 Å². The number of ether oxygens (including phenoxy) is 1. The zero-order valence-corrected chi connectivity index (χ0v) is 23.4. The zero-order valence-electron chi connectivity index (χ0n) is 22.6. The van der Waals surface area contributed by atoms with Crippen molar-refractivity contribution in [3.63, 3.8) is 0 Å². The highest BCUT2D eigenvalue weighted by Crippen LogP contribution is 2.29. The number of carbonyl (C=O) groups excluding carboxylic acids is 1. The molecule has 1 fully saturated rings. The topological polar surface area (TPSA) is 111 Å². The molecule has 0 radical (unpaired) electrons. The molecular formula is C27H34ClN7O3. The van der Waals surface area contributed by atoms with E-state index in [9.17, 15) is 4.79 Å². The Morgan fingerprint density at radius 2 is 1.89 bits per heavy atom. The molecule has 4 heterocycles. The van der Waals surface area contributed by atoms with Crippen molar-refractivity contribution in [2.75, 3.05) is 18.0 Å². The molecule has 3 aromatic heterocycles. The second-order valence-corrected chi connectivity index (χ2v) is 10.8. The Morgan fingerprint density at radius 1 is 1.16 bits per heavy atom. The van der Waals surface area contributed by atoms with E-state index in [0.717, 1.165) is 46.7 Å². The highest BCUT2D eigenvalue weighted by Gasteiger charge is 2.25. The predicted molar refractivity (Wildman–Crippen MR) is 147 cm³/mol. The first-order valence-electron chi connectivity index (χ1n) is 12.5. The highest BCUT2D eigenvalue weighted by atomic mass is 35.5. The molecule has 1 N–H and O–H groups in total. The quantitative estimate of drug-likeness (QED) is 0.398. The van der Waals surface area contributed by atoms with Crippen LogP contribution in [0.4, 0.5) is 5.69 Å². The van der Waals surface area contributed by atoms with Gasteiger partial charge in [-0.2, -0.15) is 10.1 Å². The molecule has 11 heteroatoms. The molecule has 0 saturated carbocycles. The van der Waals surface area contributed by atoms with E-state index < -0.39 is 0 Å². The van der Waals surface area contributed by atoms with Crippen LogP contribution in [0.25, 0.3) is 16.8 Å². The lowest BCUT2D eigenvalue weighted by molar-refractivity contribution is -0.00521. The fourth-order valence-corrected chi connectivity index (χ4v) is 4.62. The van der Waals surface area contributed by atoms with Crippen LogP contribution in [-0.2, 0) is 16.7 Å². The summed E-state index contributed by atoms with van der Waals surface area (Å²) in [7, 11) is 0. The monoisotopic (exact) mass is 539 g/mol. The third-order valence-electron chi connectivity index (χ3n) is 6.50. The van der Waals surface area contributed by atoms with Gasteiger partial charge in [0.15, 0.2) is 0 Å². The molecule has 0 spiro atoms. The molecule has 5 rings (SSSR count). The van der Waals surface area contributed by atoms with Gasteiger partial charge in [-0.25, -0.2) is 9.50 Å². The smallest absolute Gasteiger partial charge is 0.292 e. The van der Waals surface area contributed by atoms with Gasteiger partial charge in [-0.15, -0.1) is 12.4 Å². The average molecular weight is 540 g/mol. The first-order valence-corrected chi connectivity index (χ1v) is 12.5. The molecule has 10 nitrogen and oxygen atoms in total. The third-order valence-corrected chi connectivity index (χ3v) is 6.50. The molecule has 0 aliphatic carbocycles. The van der Waals surface area contributed by atoms with Crippen LogP contribution < -0.4 is 10.2 Å². The van der Waals surface area contributed by atoms with Crippen LogP contribution in [0.1, 0.15) is 62.3 Å². The van der Waals surface area contributed by atoms with E-state index in [2.05, 4.69) is 56.4 Å². The predicted octanol–water partition coefficient (Wildman–Crippen LogP) is 4.35. The number of anilines is 1. The maximum atomic E-state index is 12.6. The molecule has 1 aliphatic heterocycles. The van der Waals surface area contributed by atoms with Crippen molar-refractivity contribution in [3.05, 3.63) is 59.6 Å². The van der Waals surface area contributed by atoms with Crippen molar-refractivity contribution in [2.45, 2.75) is 65.7 Å². The molecule has 202 valence electrons. The van der Waals surface area contributed by atoms with Crippen molar-refractivity contribution >= 4 is 29.5 Å². The van der Waals surface area contributed by atoms with Gasteiger partial charge >= 0.3 is 0 Å². The highest BCUT2D eigenvalue weighted by molar-refractivity contribution is 5.90. The Kier molecular flexibility index (Phi) is 7.75. The van der Waals surface area contributed by atoms with E-state index in [4.69, 9.17) is 9.26 Å². The number of nitrogens with one attached hydrogen (secondary N) is 1. The second-order valence-electron chi connectivity index (χ2n) is 10.8. The summed E-state index contributed by atoms with van der Waals surface area (Å²) in [5.41, 5.74) is 5.61. The Bertz CT molecular complexity index is 1430. The molecule has 1 aliphatic rings. The summed E-state index contributed by atoms with van der Waals surface area (Å²) in [4.78, 5) is 23.7. The van der Waals surface area contributed by atoms with Crippen molar-refractivity contribution in [2.24, 2.45) is 0 Å². The molecule has 4 aromatic rings. The Hall–Kier alpha value is -3.50. The molecule has 1 saturated heterocycles. The molecule has 1 amide bonds. The van der Waals surface area contributed by atoms with Crippen LogP contribution in [0, 0.1) is 6.92 Å². The van der Waals surface area contributed by atoms with E-state index in [-0.39, 0.29) is 41.8 Å². The summed E-state index contributed by atoms with van der Waals surface area (Å²) in [5.74, 6) is 0.101. The second kappa shape index (κ2) is 10.7. The molecular weight excluding hydrogens is 506 g/mol. The van der Waals surface area contributed by atoms with Crippen LogP contribution in [0.5, 0.6) is 0 Å². The number of benzene rings is 1. The SMILES string of the molecule is Cc1cc(-c2ncnn3cc(N4C[C@@H](C)O[C@H](C)C4)cc23)ccc1CNC(=O)c1noc(C(C)(C)C)n1.Cl. The lowest BCUT2D eigenvalue weighted by Gasteiger charge is -2.36. The number of fused-ring (bicyclic) bond motifs is 1. The molecule has 0 bridgehead atoms. The number of hydrogen-bond acceptors (Lipinski definition) is 8. The first-order chi connectivity index (χ1) is 17.6. The maximum absolute atomic E-state index is 12.6. The summed E-state index contributed by atoms with van der Waals surface area (Å²) >= 11 is 0. The molecule has 2 atom stereocenters. The van der Waals surface area contributed by atoms with Crippen molar-refractivity contribution in [1.82, 2.24) is 30.1 Å². The summed E-state index contributed by atoms with van der Waals surface area (Å²) in [6.45, 7) is 14.1. The summed E-state index contributed by atoms with van der Waals surface area (Å²) in [6.07, 6.45) is 3.98. The number of aryl methyl sites for hydroxylation is 1. The van der Waals surface area contributed by atoms with Gasteiger partial charge in [0.2, 0.25) is 5.89 Å². The van der Waals surface area contributed by atoms with Gasteiger partial charge in [0.25, 0.3) is 11.7 Å². The van der Waals surface area contributed by atoms with Gasteiger partial charge in [0, 0.05) is 30.6 Å². The minimum absolute atomic E-state index is 0. The van der Waals surface area contributed by atoms with E-state index in [1.54, 1.807) is 6.33 Å². The van der Waals surface area contributed by atoms with E-state index in [1.807, 2.05) is 50.5 Å². The van der Waals surface area contributed by atoms with Crippen molar-refractivity contribution < 1.29 is 14.1 Å². The number of amides is 1. The van der Waals surface area contributed by atoms with Crippen LogP contribution in [-0.4, -0.2) is 55.9 Å².